The third-order valence-electron chi connectivity index (χ3n) is 4.27. The SMILES string of the molecule is O=C(Cc1ccc2ccccc2c1)OCCN1CCS(=O)(=O)CC1. The summed E-state index contributed by atoms with van der Waals surface area (Å²) in [7, 11) is -2.87. The van der Waals surface area contributed by atoms with Gasteiger partial charge in [0.1, 0.15) is 6.61 Å². The van der Waals surface area contributed by atoms with E-state index in [4.69, 9.17) is 4.74 Å². The van der Waals surface area contributed by atoms with E-state index in [1.165, 1.54) is 0 Å². The predicted molar refractivity (Wildman–Crippen MR) is 93.7 cm³/mol. The fourth-order valence-corrected chi connectivity index (χ4v) is 4.11. The van der Waals surface area contributed by atoms with Crippen molar-refractivity contribution in [1.82, 2.24) is 4.90 Å². The van der Waals surface area contributed by atoms with Gasteiger partial charge in [0.25, 0.3) is 0 Å². The lowest BCUT2D eigenvalue weighted by atomic mass is 10.1. The number of carbonyl (C=O) groups excluding carboxylic acids is 1. The molecule has 0 aliphatic carbocycles. The summed E-state index contributed by atoms with van der Waals surface area (Å²) in [5.74, 6) is 0.130. The number of benzene rings is 2. The Kier molecular flexibility index (Phi) is 5.16. The number of nitrogens with zero attached hydrogens (tertiary/aromatic N) is 1. The van der Waals surface area contributed by atoms with Gasteiger partial charge in [-0.3, -0.25) is 9.69 Å². The van der Waals surface area contributed by atoms with Crippen molar-refractivity contribution in [2.75, 3.05) is 37.7 Å². The molecule has 1 fully saturated rings. The van der Waals surface area contributed by atoms with E-state index in [0.29, 0.717) is 26.2 Å². The van der Waals surface area contributed by atoms with Crippen LogP contribution in [-0.2, 0) is 25.8 Å². The quantitative estimate of drug-likeness (QED) is 0.770. The largest absolute Gasteiger partial charge is 0.464 e. The Morgan fingerprint density at radius 3 is 2.50 bits per heavy atom. The van der Waals surface area contributed by atoms with Crippen LogP contribution in [0.3, 0.4) is 0 Å². The van der Waals surface area contributed by atoms with Gasteiger partial charge in [-0.05, 0) is 16.3 Å². The molecular formula is C18H21NO4S. The highest BCUT2D eigenvalue weighted by atomic mass is 32.2. The van der Waals surface area contributed by atoms with Gasteiger partial charge < -0.3 is 4.74 Å². The normalized spacial score (nSPS) is 17.7. The number of hydrogen-bond acceptors (Lipinski definition) is 5. The molecule has 24 heavy (non-hydrogen) atoms. The van der Waals surface area contributed by atoms with E-state index in [-0.39, 0.29) is 23.9 Å². The summed E-state index contributed by atoms with van der Waals surface area (Å²) >= 11 is 0. The Labute approximate surface area is 142 Å². The maximum atomic E-state index is 12.0. The molecule has 1 saturated heterocycles. The van der Waals surface area contributed by atoms with Crippen LogP contribution in [-0.4, -0.2) is 57.0 Å². The average Bonchev–Trinajstić information content (AvgIpc) is 2.56. The van der Waals surface area contributed by atoms with Gasteiger partial charge in [-0.15, -0.1) is 0 Å². The van der Waals surface area contributed by atoms with Gasteiger partial charge in [-0.2, -0.15) is 0 Å². The molecule has 1 aliphatic heterocycles. The second kappa shape index (κ2) is 7.32. The smallest absolute Gasteiger partial charge is 0.310 e. The second-order valence-electron chi connectivity index (χ2n) is 6.07. The zero-order valence-corrected chi connectivity index (χ0v) is 14.3. The fraction of sp³-hybridized carbons (Fsp3) is 0.389. The van der Waals surface area contributed by atoms with Crippen molar-refractivity contribution in [3.63, 3.8) is 0 Å². The Bertz CT molecular complexity index is 818. The van der Waals surface area contributed by atoms with E-state index < -0.39 is 9.84 Å². The molecule has 3 rings (SSSR count). The number of ether oxygens (including phenoxy) is 1. The molecule has 0 saturated carbocycles. The van der Waals surface area contributed by atoms with Crippen molar-refractivity contribution < 1.29 is 17.9 Å². The van der Waals surface area contributed by atoms with Crippen molar-refractivity contribution in [3.8, 4) is 0 Å². The van der Waals surface area contributed by atoms with Crippen molar-refractivity contribution >= 4 is 26.6 Å². The van der Waals surface area contributed by atoms with E-state index >= 15 is 0 Å². The Morgan fingerprint density at radius 2 is 1.75 bits per heavy atom. The molecule has 0 bridgehead atoms. The first kappa shape index (κ1) is 16.9. The third kappa shape index (κ3) is 4.55. The molecular weight excluding hydrogens is 326 g/mol. The summed E-state index contributed by atoms with van der Waals surface area (Å²) in [6, 6.07) is 14.0. The van der Waals surface area contributed by atoms with Crippen LogP contribution in [0.4, 0.5) is 0 Å². The average molecular weight is 347 g/mol. The first-order valence-corrected chi connectivity index (χ1v) is 9.90. The molecule has 0 amide bonds. The summed E-state index contributed by atoms with van der Waals surface area (Å²) < 4.78 is 28.0. The molecule has 1 aliphatic rings. The summed E-state index contributed by atoms with van der Waals surface area (Å²) in [4.78, 5) is 14.0. The Hall–Kier alpha value is -1.92. The molecule has 2 aromatic rings. The molecule has 128 valence electrons. The first-order valence-electron chi connectivity index (χ1n) is 8.08. The molecule has 0 N–H and O–H groups in total. The van der Waals surface area contributed by atoms with Gasteiger partial charge in [0.05, 0.1) is 17.9 Å². The lowest BCUT2D eigenvalue weighted by molar-refractivity contribution is -0.143. The predicted octanol–water partition coefficient (Wildman–Crippen LogP) is 1.66. The van der Waals surface area contributed by atoms with Crippen molar-refractivity contribution in [3.05, 3.63) is 48.0 Å². The van der Waals surface area contributed by atoms with Crippen LogP contribution in [0, 0.1) is 0 Å². The standard InChI is InChI=1S/C18H21NO4S/c20-18(23-10-7-19-8-11-24(21,22)12-9-19)14-15-5-6-16-3-1-2-4-17(16)13-15/h1-6,13H,7-12,14H2. The van der Waals surface area contributed by atoms with Crippen LogP contribution in [0.5, 0.6) is 0 Å². The van der Waals surface area contributed by atoms with Gasteiger partial charge in [-0.1, -0.05) is 42.5 Å². The minimum atomic E-state index is -2.87. The third-order valence-corrected chi connectivity index (χ3v) is 5.88. The second-order valence-corrected chi connectivity index (χ2v) is 8.38. The van der Waals surface area contributed by atoms with Crippen LogP contribution < -0.4 is 0 Å². The van der Waals surface area contributed by atoms with E-state index in [1.807, 2.05) is 47.4 Å². The van der Waals surface area contributed by atoms with Gasteiger partial charge >= 0.3 is 5.97 Å². The van der Waals surface area contributed by atoms with Crippen LogP contribution in [0.15, 0.2) is 42.5 Å². The van der Waals surface area contributed by atoms with Crippen molar-refractivity contribution in [2.45, 2.75) is 6.42 Å². The van der Waals surface area contributed by atoms with E-state index in [0.717, 1.165) is 16.3 Å². The topological polar surface area (TPSA) is 63.7 Å². The minimum absolute atomic E-state index is 0.192. The molecule has 0 radical (unpaired) electrons. The highest BCUT2D eigenvalue weighted by Crippen LogP contribution is 2.16. The van der Waals surface area contributed by atoms with E-state index in [1.54, 1.807) is 0 Å². The Morgan fingerprint density at radius 1 is 1.04 bits per heavy atom. The van der Waals surface area contributed by atoms with Crippen molar-refractivity contribution in [2.24, 2.45) is 0 Å². The van der Waals surface area contributed by atoms with Gasteiger partial charge in [0.2, 0.25) is 0 Å². The van der Waals surface area contributed by atoms with Gasteiger partial charge in [0.15, 0.2) is 9.84 Å². The van der Waals surface area contributed by atoms with Crippen LogP contribution in [0.2, 0.25) is 0 Å². The molecule has 0 atom stereocenters. The lowest BCUT2D eigenvalue weighted by Crippen LogP contribution is -2.41. The maximum absolute atomic E-state index is 12.0. The number of esters is 1. The zero-order valence-electron chi connectivity index (χ0n) is 13.5. The highest BCUT2D eigenvalue weighted by molar-refractivity contribution is 7.91. The monoisotopic (exact) mass is 347 g/mol. The van der Waals surface area contributed by atoms with Gasteiger partial charge in [0, 0.05) is 19.6 Å². The summed E-state index contributed by atoms with van der Waals surface area (Å²) in [5.41, 5.74) is 0.933. The van der Waals surface area contributed by atoms with E-state index in [2.05, 4.69) is 0 Å². The molecule has 6 heteroatoms. The molecule has 0 aromatic heterocycles. The Balaban J connectivity index is 1.45. The number of sulfone groups is 1. The van der Waals surface area contributed by atoms with Crippen LogP contribution in [0.1, 0.15) is 5.56 Å². The number of fused-ring (bicyclic) bond motifs is 1. The lowest BCUT2D eigenvalue weighted by Gasteiger charge is -2.26. The minimum Gasteiger partial charge on any atom is -0.464 e. The summed E-state index contributed by atoms with van der Waals surface area (Å²) in [6.07, 6.45) is 0.249. The molecule has 2 aromatic carbocycles. The number of rotatable bonds is 5. The molecule has 1 heterocycles. The van der Waals surface area contributed by atoms with Crippen molar-refractivity contribution in [1.29, 1.82) is 0 Å². The fourth-order valence-electron chi connectivity index (χ4n) is 2.83. The zero-order chi connectivity index (χ0) is 17.0. The van der Waals surface area contributed by atoms with Crippen LogP contribution in [0.25, 0.3) is 10.8 Å². The number of hydrogen-bond donors (Lipinski definition) is 0. The van der Waals surface area contributed by atoms with E-state index in [9.17, 15) is 13.2 Å². The molecule has 0 unspecified atom stereocenters. The van der Waals surface area contributed by atoms with Crippen LogP contribution >= 0.6 is 0 Å². The first-order chi connectivity index (χ1) is 11.5. The number of carbonyl (C=O) groups is 1. The highest BCUT2D eigenvalue weighted by Gasteiger charge is 2.21. The van der Waals surface area contributed by atoms with Gasteiger partial charge in [-0.25, -0.2) is 8.42 Å². The maximum Gasteiger partial charge on any atom is 0.310 e. The summed E-state index contributed by atoms with van der Waals surface area (Å²) in [6.45, 7) is 1.92. The molecule has 5 nitrogen and oxygen atoms in total. The molecule has 0 spiro atoms. The summed E-state index contributed by atoms with van der Waals surface area (Å²) in [5, 5.41) is 2.26.